The van der Waals surface area contributed by atoms with Gasteiger partial charge in [-0.2, -0.15) is 0 Å². The van der Waals surface area contributed by atoms with E-state index in [-0.39, 0.29) is 12.0 Å². The molecule has 0 spiro atoms. The summed E-state index contributed by atoms with van der Waals surface area (Å²) in [7, 11) is 1.34. The molecular weight excluding hydrogens is 332 g/mol. The molecule has 2 N–H and O–H groups in total. The molecule has 0 heterocycles. The van der Waals surface area contributed by atoms with Gasteiger partial charge in [0.25, 0.3) is 0 Å². The van der Waals surface area contributed by atoms with E-state index in [4.69, 9.17) is 9.47 Å². The largest absolute Gasteiger partial charge is 0.491 e. The molecule has 0 fully saturated rings. The SMILES string of the molecule is COC(=O)c1cccc(NCCC(=O)Nc2ccc(OC(C)C)cc2)c1. The molecule has 26 heavy (non-hydrogen) atoms. The van der Waals surface area contributed by atoms with Crippen LogP contribution in [0, 0.1) is 0 Å². The molecule has 2 aromatic rings. The number of benzene rings is 2. The van der Waals surface area contributed by atoms with E-state index >= 15 is 0 Å². The van der Waals surface area contributed by atoms with E-state index in [1.807, 2.05) is 44.2 Å². The second-order valence-corrected chi connectivity index (χ2v) is 5.99. The molecule has 2 aromatic carbocycles. The van der Waals surface area contributed by atoms with Crippen molar-refractivity contribution < 1.29 is 19.1 Å². The van der Waals surface area contributed by atoms with Crippen molar-refractivity contribution in [3.05, 3.63) is 54.1 Å². The minimum absolute atomic E-state index is 0.0980. The average molecular weight is 356 g/mol. The second-order valence-electron chi connectivity index (χ2n) is 5.99. The molecule has 0 saturated carbocycles. The molecule has 0 saturated heterocycles. The Morgan fingerprint density at radius 3 is 2.42 bits per heavy atom. The molecule has 2 rings (SSSR count). The summed E-state index contributed by atoms with van der Waals surface area (Å²) in [5.41, 5.74) is 1.94. The fraction of sp³-hybridized carbons (Fsp3) is 0.300. The van der Waals surface area contributed by atoms with Crippen molar-refractivity contribution in [2.75, 3.05) is 24.3 Å². The standard InChI is InChI=1S/C20H24N2O4/c1-14(2)26-18-9-7-16(8-10-18)22-19(23)11-12-21-17-6-4-5-15(13-17)20(24)25-3/h4-10,13-14,21H,11-12H2,1-3H3,(H,22,23). The summed E-state index contributed by atoms with van der Waals surface area (Å²) in [6, 6.07) is 14.2. The Labute approximate surface area is 153 Å². The summed E-state index contributed by atoms with van der Waals surface area (Å²) in [5.74, 6) is 0.278. The number of rotatable bonds is 8. The minimum Gasteiger partial charge on any atom is -0.491 e. The highest BCUT2D eigenvalue weighted by Gasteiger charge is 2.06. The lowest BCUT2D eigenvalue weighted by molar-refractivity contribution is -0.115. The van der Waals surface area contributed by atoms with Crippen LogP contribution in [0.25, 0.3) is 0 Å². The van der Waals surface area contributed by atoms with Gasteiger partial charge >= 0.3 is 5.97 Å². The topological polar surface area (TPSA) is 76.7 Å². The van der Waals surface area contributed by atoms with Crippen LogP contribution in [-0.4, -0.2) is 31.6 Å². The highest BCUT2D eigenvalue weighted by atomic mass is 16.5. The van der Waals surface area contributed by atoms with Crippen LogP contribution in [0.4, 0.5) is 11.4 Å². The van der Waals surface area contributed by atoms with Crippen LogP contribution in [0.15, 0.2) is 48.5 Å². The maximum atomic E-state index is 12.0. The molecule has 0 aliphatic carbocycles. The van der Waals surface area contributed by atoms with E-state index in [1.54, 1.807) is 18.2 Å². The lowest BCUT2D eigenvalue weighted by Crippen LogP contribution is -2.16. The van der Waals surface area contributed by atoms with Gasteiger partial charge in [-0.15, -0.1) is 0 Å². The van der Waals surface area contributed by atoms with Crippen molar-refractivity contribution in [3.8, 4) is 5.75 Å². The van der Waals surface area contributed by atoms with Crippen LogP contribution in [-0.2, 0) is 9.53 Å². The monoisotopic (exact) mass is 356 g/mol. The molecule has 0 bridgehead atoms. The van der Waals surface area contributed by atoms with Crippen molar-refractivity contribution >= 4 is 23.3 Å². The normalized spacial score (nSPS) is 10.3. The summed E-state index contributed by atoms with van der Waals surface area (Å²) in [6.07, 6.45) is 0.409. The zero-order chi connectivity index (χ0) is 18.9. The van der Waals surface area contributed by atoms with E-state index < -0.39 is 5.97 Å². The van der Waals surface area contributed by atoms with E-state index in [9.17, 15) is 9.59 Å². The Morgan fingerprint density at radius 1 is 1.04 bits per heavy atom. The van der Waals surface area contributed by atoms with Gasteiger partial charge in [-0.3, -0.25) is 4.79 Å². The first-order valence-electron chi connectivity index (χ1n) is 8.46. The zero-order valence-electron chi connectivity index (χ0n) is 15.2. The number of hydrogen-bond donors (Lipinski definition) is 2. The third-order valence-corrected chi connectivity index (χ3v) is 3.47. The fourth-order valence-corrected chi connectivity index (χ4v) is 2.31. The summed E-state index contributed by atoms with van der Waals surface area (Å²) in [6.45, 7) is 4.37. The number of methoxy groups -OCH3 is 1. The predicted octanol–water partition coefficient (Wildman–Crippen LogP) is 3.70. The number of carbonyl (C=O) groups is 2. The maximum Gasteiger partial charge on any atom is 0.337 e. The Bertz CT molecular complexity index is 742. The van der Waals surface area contributed by atoms with Crippen molar-refractivity contribution in [2.45, 2.75) is 26.4 Å². The van der Waals surface area contributed by atoms with E-state index in [0.717, 1.165) is 17.1 Å². The Balaban J connectivity index is 1.79. The van der Waals surface area contributed by atoms with Gasteiger partial charge < -0.3 is 20.1 Å². The summed E-state index contributed by atoms with van der Waals surface area (Å²) in [4.78, 5) is 23.5. The van der Waals surface area contributed by atoms with Crippen molar-refractivity contribution in [3.63, 3.8) is 0 Å². The van der Waals surface area contributed by atoms with E-state index in [0.29, 0.717) is 18.5 Å². The zero-order valence-corrected chi connectivity index (χ0v) is 15.2. The van der Waals surface area contributed by atoms with Crippen LogP contribution in [0.1, 0.15) is 30.6 Å². The predicted molar refractivity (Wildman–Crippen MR) is 102 cm³/mol. The first-order chi connectivity index (χ1) is 12.5. The van der Waals surface area contributed by atoms with E-state index in [2.05, 4.69) is 10.6 Å². The molecule has 0 atom stereocenters. The van der Waals surface area contributed by atoms with Crippen LogP contribution < -0.4 is 15.4 Å². The smallest absolute Gasteiger partial charge is 0.337 e. The molecular formula is C20H24N2O4. The highest BCUT2D eigenvalue weighted by Crippen LogP contribution is 2.17. The molecule has 0 aromatic heterocycles. The second kappa shape index (κ2) is 9.46. The minimum atomic E-state index is -0.392. The van der Waals surface area contributed by atoms with Gasteiger partial charge in [-0.05, 0) is 56.3 Å². The van der Waals surface area contributed by atoms with Gasteiger partial charge in [-0.1, -0.05) is 6.07 Å². The number of nitrogens with one attached hydrogen (secondary N) is 2. The van der Waals surface area contributed by atoms with Crippen LogP contribution >= 0.6 is 0 Å². The van der Waals surface area contributed by atoms with Crippen LogP contribution in [0.3, 0.4) is 0 Å². The van der Waals surface area contributed by atoms with Crippen molar-refractivity contribution in [2.24, 2.45) is 0 Å². The van der Waals surface area contributed by atoms with Crippen molar-refractivity contribution in [1.82, 2.24) is 0 Å². The van der Waals surface area contributed by atoms with Gasteiger partial charge in [0.15, 0.2) is 0 Å². The number of carbonyl (C=O) groups excluding carboxylic acids is 2. The fourth-order valence-electron chi connectivity index (χ4n) is 2.31. The third kappa shape index (κ3) is 6.12. The van der Waals surface area contributed by atoms with Gasteiger partial charge in [0.05, 0.1) is 18.8 Å². The van der Waals surface area contributed by atoms with Crippen LogP contribution in [0.5, 0.6) is 5.75 Å². The van der Waals surface area contributed by atoms with Crippen molar-refractivity contribution in [1.29, 1.82) is 0 Å². The lowest BCUT2D eigenvalue weighted by Gasteiger charge is -2.11. The molecule has 0 aliphatic heterocycles. The summed E-state index contributed by atoms with van der Waals surface area (Å²) < 4.78 is 10.3. The molecule has 0 aliphatic rings. The maximum absolute atomic E-state index is 12.0. The van der Waals surface area contributed by atoms with Gasteiger partial charge in [0, 0.05) is 24.3 Å². The Hall–Kier alpha value is -3.02. The van der Waals surface area contributed by atoms with Crippen LogP contribution in [0.2, 0.25) is 0 Å². The summed E-state index contributed by atoms with van der Waals surface area (Å²) >= 11 is 0. The van der Waals surface area contributed by atoms with Gasteiger partial charge in [0.2, 0.25) is 5.91 Å². The third-order valence-electron chi connectivity index (χ3n) is 3.47. The van der Waals surface area contributed by atoms with E-state index in [1.165, 1.54) is 7.11 Å². The number of esters is 1. The molecule has 6 nitrogen and oxygen atoms in total. The first-order valence-corrected chi connectivity index (χ1v) is 8.46. The van der Waals surface area contributed by atoms with Gasteiger partial charge in [-0.25, -0.2) is 4.79 Å². The molecule has 138 valence electrons. The quantitative estimate of drug-likeness (QED) is 0.705. The number of hydrogen-bond acceptors (Lipinski definition) is 5. The number of amides is 1. The number of ether oxygens (including phenoxy) is 2. The Kier molecular flexibility index (Phi) is 7.02. The highest BCUT2D eigenvalue weighted by molar-refractivity contribution is 5.91. The first kappa shape index (κ1) is 19.3. The molecule has 0 radical (unpaired) electrons. The Morgan fingerprint density at radius 2 is 1.77 bits per heavy atom. The number of anilines is 2. The molecule has 0 unspecified atom stereocenters. The summed E-state index contributed by atoms with van der Waals surface area (Å²) in [5, 5.41) is 5.96. The molecule has 1 amide bonds. The lowest BCUT2D eigenvalue weighted by atomic mass is 10.2. The molecule has 6 heteroatoms. The average Bonchev–Trinajstić information content (AvgIpc) is 2.62. The van der Waals surface area contributed by atoms with Gasteiger partial charge in [0.1, 0.15) is 5.75 Å².